The average molecular weight is 451 g/mol. The second-order valence-corrected chi connectivity index (χ2v) is 10.5. The smallest absolute Gasteiger partial charge is 0.225 e. The summed E-state index contributed by atoms with van der Waals surface area (Å²) in [6.07, 6.45) is 5.54. The van der Waals surface area contributed by atoms with Crippen molar-refractivity contribution in [2.24, 2.45) is 5.92 Å². The quantitative estimate of drug-likeness (QED) is 0.730. The molecule has 1 amide bonds. The molecule has 1 aliphatic heterocycles. The summed E-state index contributed by atoms with van der Waals surface area (Å²) in [5.41, 5.74) is 2.84. The van der Waals surface area contributed by atoms with Crippen LogP contribution in [0.25, 0.3) is 10.4 Å². The summed E-state index contributed by atoms with van der Waals surface area (Å²) in [6, 6.07) is 11.0. The SMILES string of the molecule is Cc1nc(C2CCCCC2C(=O)NC2(C#N)CC2)c(-c2ccc(N3CCOCC3)cc2)s1. The predicted octanol–water partition coefficient (Wildman–Crippen LogP) is 4.40. The van der Waals surface area contributed by atoms with E-state index in [2.05, 4.69) is 40.6 Å². The number of nitrogens with one attached hydrogen (secondary N) is 1. The molecule has 168 valence electrons. The lowest BCUT2D eigenvalue weighted by Gasteiger charge is -2.31. The number of hydrogen-bond acceptors (Lipinski definition) is 6. The number of rotatable bonds is 5. The largest absolute Gasteiger partial charge is 0.378 e. The minimum absolute atomic E-state index is 0.0352. The topological polar surface area (TPSA) is 78.2 Å². The Kier molecular flexibility index (Phi) is 5.92. The molecule has 32 heavy (non-hydrogen) atoms. The van der Waals surface area contributed by atoms with Gasteiger partial charge in [0.1, 0.15) is 5.54 Å². The van der Waals surface area contributed by atoms with E-state index in [0.29, 0.717) is 0 Å². The number of aromatic nitrogens is 1. The van der Waals surface area contributed by atoms with Crippen molar-refractivity contribution in [2.75, 3.05) is 31.2 Å². The molecule has 3 fully saturated rings. The van der Waals surface area contributed by atoms with Gasteiger partial charge in [-0.05, 0) is 50.3 Å². The van der Waals surface area contributed by atoms with E-state index < -0.39 is 5.54 Å². The fraction of sp³-hybridized carbons (Fsp3) is 0.560. The lowest BCUT2D eigenvalue weighted by molar-refractivity contribution is -0.127. The molecular weight excluding hydrogens is 420 g/mol. The summed E-state index contributed by atoms with van der Waals surface area (Å²) >= 11 is 1.72. The molecule has 2 aromatic rings. The van der Waals surface area contributed by atoms with E-state index in [9.17, 15) is 10.1 Å². The van der Waals surface area contributed by atoms with E-state index in [4.69, 9.17) is 9.72 Å². The van der Waals surface area contributed by atoms with E-state index in [0.717, 1.165) is 75.5 Å². The van der Waals surface area contributed by atoms with Crippen LogP contribution in [0.15, 0.2) is 24.3 Å². The zero-order chi connectivity index (χ0) is 22.1. The van der Waals surface area contributed by atoms with E-state index in [1.165, 1.54) is 16.1 Å². The Morgan fingerprint density at radius 3 is 2.62 bits per heavy atom. The highest BCUT2D eigenvalue weighted by Crippen LogP contribution is 2.45. The Balaban J connectivity index is 1.40. The maximum Gasteiger partial charge on any atom is 0.225 e. The third-order valence-electron chi connectivity index (χ3n) is 7.05. The molecule has 2 aliphatic carbocycles. The summed E-state index contributed by atoms with van der Waals surface area (Å²) in [7, 11) is 0. The van der Waals surface area contributed by atoms with Crippen molar-refractivity contribution in [3.8, 4) is 16.5 Å². The maximum absolute atomic E-state index is 13.2. The van der Waals surface area contributed by atoms with E-state index in [-0.39, 0.29) is 17.7 Å². The molecule has 2 atom stereocenters. The molecular formula is C25H30N4O2S. The second-order valence-electron chi connectivity index (χ2n) is 9.27. The Bertz CT molecular complexity index is 1020. The van der Waals surface area contributed by atoms with Gasteiger partial charge in [-0.15, -0.1) is 11.3 Å². The van der Waals surface area contributed by atoms with Crippen molar-refractivity contribution in [3.63, 3.8) is 0 Å². The molecule has 3 aliphatic rings. The lowest BCUT2D eigenvalue weighted by atomic mass is 9.76. The van der Waals surface area contributed by atoms with Crippen molar-refractivity contribution in [2.45, 2.75) is 56.9 Å². The van der Waals surface area contributed by atoms with Crippen LogP contribution in [0.3, 0.4) is 0 Å². The second kappa shape index (κ2) is 8.84. The van der Waals surface area contributed by atoms with Gasteiger partial charge in [0.05, 0.1) is 34.9 Å². The molecule has 2 heterocycles. The molecule has 2 unspecified atom stereocenters. The van der Waals surface area contributed by atoms with Crippen LogP contribution in [-0.4, -0.2) is 42.7 Å². The summed E-state index contributed by atoms with van der Waals surface area (Å²) in [5, 5.41) is 13.5. The minimum atomic E-state index is -0.616. The van der Waals surface area contributed by atoms with Crippen LogP contribution in [0.1, 0.15) is 55.1 Å². The molecule has 0 bridgehead atoms. The van der Waals surface area contributed by atoms with Gasteiger partial charge in [0.15, 0.2) is 0 Å². The standard InChI is InChI=1S/C25H30N4O2S/c1-17-27-22(20-4-2-3-5-21(20)24(30)28-25(16-26)10-11-25)23(32-17)18-6-8-19(9-7-18)29-12-14-31-15-13-29/h6-9,20-21H,2-5,10-15H2,1H3,(H,28,30). The number of nitrogens with zero attached hydrogens (tertiary/aromatic N) is 3. The van der Waals surface area contributed by atoms with E-state index in [1.54, 1.807) is 11.3 Å². The molecule has 1 aromatic heterocycles. The third kappa shape index (κ3) is 4.26. The molecule has 1 saturated heterocycles. The number of aryl methyl sites for hydroxylation is 1. The summed E-state index contributed by atoms with van der Waals surface area (Å²) in [6.45, 7) is 5.45. The van der Waals surface area contributed by atoms with Gasteiger partial charge in [-0.2, -0.15) is 5.26 Å². The Labute approximate surface area is 193 Å². The van der Waals surface area contributed by atoms with Crippen molar-refractivity contribution in [3.05, 3.63) is 35.0 Å². The van der Waals surface area contributed by atoms with Crippen LogP contribution in [0.4, 0.5) is 5.69 Å². The fourth-order valence-corrected chi connectivity index (χ4v) is 6.03. The number of ether oxygens (including phenoxy) is 1. The van der Waals surface area contributed by atoms with Crippen LogP contribution >= 0.6 is 11.3 Å². The number of carbonyl (C=O) groups excluding carboxylic acids is 1. The number of hydrogen-bond donors (Lipinski definition) is 1. The van der Waals surface area contributed by atoms with E-state index in [1.807, 2.05) is 6.92 Å². The molecule has 7 heteroatoms. The molecule has 0 radical (unpaired) electrons. The van der Waals surface area contributed by atoms with Gasteiger partial charge < -0.3 is 15.0 Å². The number of amides is 1. The van der Waals surface area contributed by atoms with Crippen LogP contribution in [0.5, 0.6) is 0 Å². The molecule has 5 rings (SSSR count). The van der Waals surface area contributed by atoms with Gasteiger partial charge in [-0.1, -0.05) is 25.0 Å². The number of benzene rings is 1. The van der Waals surface area contributed by atoms with Crippen LogP contribution in [-0.2, 0) is 9.53 Å². The normalized spacial score (nSPS) is 24.6. The Morgan fingerprint density at radius 1 is 1.22 bits per heavy atom. The molecule has 0 spiro atoms. The lowest BCUT2D eigenvalue weighted by Crippen LogP contribution is -2.42. The molecule has 1 N–H and O–H groups in total. The first-order valence-corrected chi connectivity index (χ1v) is 12.5. The van der Waals surface area contributed by atoms with Gasteiger partial charge in [-0.3, -0.25) is 4.79 Å². The number of carbonyl (C=O) groups is 1. The molecule has 1 aromatic carbocycles. The van der Waals surface area contributed by atoms with Gasteiger partial charge in [0.2, 0.25) is 5.91 Å². The highest BCUT2D eigenvalue weighted by Gasteiger charge is 2.47. The Hall–Kier alpha value is -2.43. The number of morpholine rings is 1. The molecule has 2 saturated carbocycles. The average Bonchev–Trinajstić information content (AvgIpc) is 3.51. The highest BCUT2D eigenvalue weighted by atomic mass is 32.1. The van der Waals surface area contributed by atoms with Crippen molar-refractivity contribution in [1.29, 1.82) is 5.26 Å². The first kappa shape index (κ1) is 21.4. The summed E-state index contributed by atoms with van der Waals surface area (Å²) in [5.74, 6) is 0.0348. The zero-order valence-corrected chi connectivity index (χ0v) is 19.4. The van der Waals surface area contributed by atoms with Gasteiger partial charge in [0, 0.05) is 30.6 Å². The van der Waals surface area contributed by atoms with Crippen molar-refractivity contribution >= 4 is 22.9 Å². The predicted molar refractivity (Wildman–Crippen MR) is 126 cm³/mol. The first-order valence-electron chi connectivity index (χ1n) is 11.7. The monoisotopic (exact) mass is 450 g/mol. The van der Waals surface area contributed by atoms with Gasteiger partial charge in [-0.25, -0.2) is 4.98 Å². The third-order valence-corrected chi connectivity index (χ3v) is 8.08. The number of anilines is 1. The number of thiazole rings is 1. The van der Waals surface area contributed by atoms with E-state index >= 15 is 0 Å². The van der Waals surface area contributed by atoms with Crippen LogP contribution in [0, 0.1) is 24.2 Å². The van der Waals surface area contributed by atoms with Gasteiger partial charge in [0.25, 0.3) is 0 Å². The van der Waals surface area contributed by atoms with Crippen molar-refractivity contribution in [1.82, 2.24) is 10.3 Å². The minimum Gasteiger partial charge on any atom is -0.378 e. The summed E-state index contributed by atoms with van der Waals surface area (Å²) in [4.78, 5) is 21.6. The number of nitriles is 1. The Morgan fingerprint density at radius 2 is 1.94 bits per heavy atom. The highest BCUT2D eigenvalue weighted by molar-refractivity contribution is 7.15. The maximum atomic E-state index is 13.2. The van der Waals surface area contributed by atoms with Gasteiger partial charge >= 0.3 is 0 Å². The zero-order valence-electron chi connectivity index (χ0n) is 18.6. The molecule has 6 nitrogen and oxygen atoms in total. The van der Waals surface area contributed by atoms with Crippen molar-refractivity contribution < 1.29 is 9.53 Å². The summed E-state index contributed by atoms with van der Waals surface area (Å²) < 4.78 is 5.47. The first-order chi connectivity index (χ1) is 15.6. The fourth-order valence-electron chi connectivity index (χ4n) is 5.04. The van der Waals surface area contributed by atoms with Crippen LogP contribution < -0.4 is 10.2 Å². The van der Waals surface area contributed by atoms with Crippen LogP contribution in [0.2, 0.25) is 0 Å².